The Morgan fingerprint density at radius 2 is 2.27 bits per heavy atom. The molecule has 0 aromatic carbocycles. The van der Waals surface area contributed by atoms with Crippen molar-refractivity contribution in [1.29, 1.82) is 0 Å². The van der Waals surface area contributed by atoms with Crippen molar-refractivity contribution in [2.45, 2.75) is 0 Å². The quantitative estimate of drug-likeness (QED) is 0.620. The highest BCUT2D eigenvalue weighted by Gasteiger charge is 2.06. The monoisotopic (exact) mass is 176 g/mol. The molecule has 6 heteroatoms. The smallest absolute Gasteiger partial charge is 0.250 e. The van der Waals surface area contributed by atoms with Crippen LogP contribution in [0.2, 0.25) is 0 Å². The van der Waals surface area contributed by atoms with Gasteiger partial charge in [-0.2, -0.15) is 9.19 Å². The number of hydrogen-bond acceptors (Lipinski definition) is 4. The Kier molecular flexibility index (Phi) is 1.86. The molecule has 0 saturated heterocycles. The van der Waals surface area contributed by atoms with E-state index in [-0.39, 0.29) is 0 Å². The van der Waals surface area contributed by atoms with E-state index in [1.165, 1.54) is 19.5 Å². The lowest BCUT2D eigenvalue weighted by atomic mass is 10.7. The first-order valence-electron chi connectivity index (χ1n) is 2.83. The number of ether oxygens (including phenoxy) is 1. The number of hydrogen-bond donors (Lipinski definition) is 0. The van der Waals surface area contributed by atoms with Gasteiger partial charge in [0.25, 0.3) is 10.0 Å². The van der Waals surface area contributed by atoms with Gasteiger partial charge >= 0.3 is 0 Å². The van der Waals surface area contributed by atoms with Gasteiger partial charge in [-0.05, 0) is 0 Å². The molecular weight excluding hydrogens is 168 g/mol. The van der Waals surface area contributed by atoms with Crippen LogP contribution in [-0.2, 0) is 10.0 Å². The molecule has 5 nitrogen and oxygen atoms in total. The van der Waals surface area contributed by atoms with Crippen molar-refractivity contribution in [2.75, 3.05) is 13.4 Å². The zero-order valence-electron chi connectivity index (χ0n) is 6.18. The van der Waals surface area contributed by atoms with Gasteiger partial charge in [-0.1, -0.05) is 0 Å². The topological polar surface area (TPSA) is 61.2 Å². The molecule has 0 bridgehead atoms. The van der Waals surface area contributed by atoms with Crippen LogP contribution in [0.1, 0.15) is 0 Å². The molecule has 62 valence electrons. The van der Waals surface area contributed by atoms with E-state index >= 15 is 0 Å². The average Bonchev–Trinajstić information content (AvgIpc) is 2.32. The molecule has 0 fully saturated rings. The minimum atomic E-state index is -3.27. The maximum Gasteiger partial charge on any atom is 0.250 e. The summed E-state index contributed by atoms with van der Waals surface area (Å²) in [6, 6.07) is 0. The normalized spacial score (nSPS) is 11.5. The van der Waals surface area contributed by atoms with Gasteiger partial charge in [-0.25, -0.2) is 8.42 Å². The lowest BCUT2D eigenvalue weighted by Crippen LogP contribution is -2.09. The number of nitrogens with zero attached hydrogens (tertiary/aromatic N) is 2. The molecule has 0 aliphatic heterocycles. The van der Waals surface area contributed by atoms with Gasteiger partial charge in [0, 0.05) is 0 Å². The van der Waals surface area contributed by atoms with E-state index < -0.39 is 10.0 Å². The van der Waals surface area contributed by atoms with Gasteiger partial charge in [0.2, 0.25) is 0 Å². The predicted molar refractivity (Wildman–Crippen MR) is 39.0 cm³/mol. The lowest BCUT2D eigenvalue weighted by Gasteiger charge is -1.93. The molecule has 0 aliphatic carbocycles. The van der Waals surface area contributed by atoms with Crippen LogP contribution < -0.4 is 4.74 Å². The molecule has 0 radical (unpaired) electrons. The fourth-order valence-electron chi connectivity index (χ4n) is 0.576. The molecule has 11 heavy (non-hydrogen) atoms. The maximum absolute atomic E-state index is 10.8. The standard InChI is InChI=1S/C5H8N2O3S/c1-10-5-3-6-7(4-5)11(2,8)9/h3-4H,1-2H3. The van der Waals surface area contributed by atoms with Gasteiger partial charge in [-0.3, -0.25) is 0 Å². The van der Waals surface area contributed by atoms with Crippen LogP contribution in [0.5, 0.6) is 5.75 Å². The first kappa shape index (κ1) is 8.06. The largest absolute Gasteiger partial charge is 0.493 e. The molecular formula is C5H8N2O3S. The Labute approximate surface area is 64.6 Å². The molecule has 0 saturated carbocycles. The Morgan fingerprint density at radius 1 is 1.64 bits per heavy atom. The molecule has 0 unspecified atom stereocenters. The molecule has 1 rings (SSSR count). The van der Waals surface area contributed by atoms with Gasteiger partial charge in [0.05, 0.1) is 25.8 Å². The molecule has 1 aromatic heterocycles. The van der Waals surface area contributed by atoms with Crippen molar-refractivity contribution in [2.24, 2.45) is 0 Å². The lowest BCUT2D eigenvalue weighted by molar-refractivity contribution is 0.414. The highest BCUT2D eigenvalue weighted by molar-refractivity contribution is 7.89. The van der Waals surface area contributed by atoms with E-state index in [0.717, 1.165) is 10.3 Å². The van der Waals surface area contributed by atoms with Gasteiger partial charge < -0.3 is 4.74 Å². The number of aromatic nitrogens is 2. The first-order chi connectivity index (χ1) is 5.04. The summed E-state index contributed by atoms with van der Waals surface area (Å²) < 4.78 is 27.2. The van der Waals surface area contributed by atoms with Crippen molar-refractivity contribution in [3.8, 4) is 5.75 Å². The maximum atomic E-state index is 10.8. The molecule has 0 atom stereocenters. The first-order valence-corrected chi connectivity index (χ1v) is 4.68. The fourth-order valence-corrected chi connectivity index (χ4v) is 1.09. The fraction of sp³-hybridized carbons (Fsp3) is 0.400. The van der Waals surface area contributed by atoms with E-state index in [0.29, 0.717) is 5.75 Å². The van der Waals surface area contributed by atoms with Gasteiger partial charge in [0.1, 0.15) is 0 Å². The minimum Gasteiger partial charge on any atom is -0.493 e. The van der Waals surface area contributed by atoms with Crippen molar-refractivity contribution in [3.05, 3.63) is 12.4 Å². The average molecular weight is 176 g/mol. The third-order valence-electron chi connectivity index (χ3n) is 1.11. The molecule has 0 spiro atoms. The summed E-state index contributed by atoms with van der Waals surface area (Å²) in [7, 11) is -1.82. The highest BCUT2D eigenvalue weighted by Crippen LogP contribution is 2.07. The van der Waals surface area contributed by atoms with Crippen LogP contribution in [0.3, 0.4) is 0 Å². The summed E-state index contributed by atoms with van der Waals surface area (Å²) in [4.78, 5) is 0. The zero-order chi connectivity index (χ0) is 8.48. The molecule has 0 N–H and O–H groups in total. The van der Waals surface area contributed by atoms with E-state index in [4.69, 9.17) is 4.74 Å². The summed E-state index contributed by atoms with van der Waals surface area (Å²) in [6.07, 6.45) is 3.70. The van der Waals surface area contributed by atoms with Crippen LogP contribution >= 0.6 is 0 Å². The van der Waals surface area contributed by atoms with Gasteiger partial charge in [0.15, 0.2) is 5.75 Å². The van der Waals surface area contributed by atoms with Crippen LogP contribution in [0.25, 0.3) is 0 Å². The Bertz CT molecular complexity index is 340. The molecule has 1 heterocycles. The second kappa shape index (κ2) is 2.54. The SMILES string of the molecule is COc1cnn(S(C)(=O)=O)c1. The summed E-state index contributed by atoms with van der Waals surface area (Å²) >= 11 is 0. The van der Waals surface area contributed by atoms with Crippen LogP contribution in [0.15, 0.2) is 12.4 Å². The molecule has 1 aromatic rings. The second-order valence-corrected chi connectivity index (χ2v) is 3.86. The summed E-state index contributed by atoms with van der Waals surface area (Å²) in [5.74, 6) is 0.426. The summed E-state index contributed by atoms with van der Waals surface area (Å²) in [5.41, 5.74) is 0. The molecule has 0 amide bonds. The second-order valence-electron chi connectivity index (χ2n) is 2.02. The Balaban J connectivity index is 3.09. The minimum absolute atomic E-state index is 0.426. The van der Waals surface area contributed by atoms with E-state index in [2.05, 4.69) is 5.10 Å². The Morgan fingerprint density at radius 3 is 2.55 bits per heavy atom. The number of rotatable bonds is 2. The Hall–Kier alpha value is -1.04. The van der Waals surface area contributed by atoms with Crippen molar-refractivity contribution >= 4 is 10.0 Å². The van der Waals surface area contributed by atoms with E-state index in [1.807, 2.05) is 0 Å². The van der Waals surface area contributed by atoms with E-state index in [1.54, 1.807) is 0 Å². The molecule has 0 aliphatic rings. The summed E-state index contributed by atoms with van der Waals surface area (Å²) in [6.45, 7) is 0. The van der Waals surface area contributed by atoms with Crippen LogP contribution in [-0.4, -0.2) is 31.0 Å². The van der Waals surface area contributed by atoms with E-state index in [9.17, 15) is 8.42 Å². The van der Waals surface area contributed by atoms with Crippen molar-refractivity contribution < 1.29 is 13.2 Å². The van der Waals surface area contributed by atoms with Crippen molar-refractivity contribution in [1.82, 2.24) is 9.19 Å². The van der Waals surface area contributed by atoms with Gasteiger partial charge in [-0.15, -0.1) is 0 Å². The summed E-state index contributed by atoms with van der Waals surface area (Å²) in [5, 5.41) is 3.56. The third kappa shape index (κ3) is 1.70. The van der Waals surface area contributed by atoms with Crippen LogP contribution in [0.4, 0.5) is 0 Å². The van der Waals surface area contributed by atoms with Crippen LogP contribution in [0, 0.1) is 0 Å². The zero-order valence-corrected chi connectivity index (χ0v) is 7.00. The third-order valence-corrected chi connectivity index (χ3v) is 1.99. The number of methoxy groups -OCH3 is 1. The highest BCUT2D eigenvalue weighted by atomic mass is 32.2. The van der Waals surface area contributed by atoms with Crippen molar-refractivity contribution in [3.63, 3.8) is 0 Å². The predicted octanol–water partition coefficient (Wildman–Crippen LogP) is -0.301.